The van der Waals surface area contributed by atoms with Crippen LogP contribution in [0, 0.1) is 0 Å². The van der Waals surface area contributed by atoms with Crippen LogP contribution in [0.5, 0.6) is 0 Å². The van der Waals surface area contributed by atoms with Crippen molar-refractivity contribution in [2.45, 2.75) is 64.5 Å². The zero-order valence-electron chi connectivity index (χ0n) is 11.2. The van der Waals surface area contributed by atoms with E-state index >= 15 is 0 Å². The van der Waals surface area contributed by atoms with Gasteiger partial charge in [-0.25, -0.2) is 0 Å². The molecule has 1 aliphatic heterocycles. The SMILES string of the molecule is CCC(C)(C)N(C)CC1(C)CCCCN1. The number of nitrogens with one attached hydrogen (secondary N) is 1. The Labute approximate surface area is 95.4 Å². The first kappa shape index (κ1) is 13.0. The fourth-order valence-electron chi connectivity index (χ4n) is 2.26. The summed E-state index contributed by atoms with van der Waals surface area (Å²) in [4.78, 5) is 2.51. The van der Waals surface area contributed by atoms with Crippen LogP contribution in [-0.2, 0) is 0 Å². The van der Waals surface area contributed by atoms with E-state index < -0.39 is 0 Å². The Morgan fingerprint density at radius 1 is 1.33 bits per heavy atom. The molecule has 90 valence electrons. The van der Waals surface area contributed by atoms with Gasteiger partial charge in [-0.15, -0.1) is 0 Å². The van der Waals surface area contributed by atoms with Crippen molar-refractivity contribution in [1.29, 1.82) is 0 Å². The number of hydrogen-bond donors (Lipinski definition) is 1. The molecule has 1 heterocycles. The largest absolute Gasteiger partial charge is 0.310 e. The average Bonchev–Trinajstić information content (AvgIpc) is 2.18. The standard InChI is InChI=1S/C13H28N2/c1-6-12(2,3)15(5)11-13(4)9-7-8-10-14-13/h14H,6-11H2,1-5H3. The van der Waals surface area contributed by atoms with E-state index in [1.165, 1.54) is 32.2 Å². The minimum Gasteiger partial charge on any atom is -0.310 e. The van der Waals surface area contributed by atoms with E-state index in [0.717, 1.165) is 6.54 Å². The molecule has 15 heavy (non-hydrogen) atoms. The third-order valence-electron chi connectivity index (χ3n) is 4.19. The summed E-state index contributed by atoms with van der Waals surface area (Å²) in [5, 5.41) is 3.68. The Balaban J connectivity index is 2.52. The van der Waals surface area contributed by atoms with E-state index in [1.54, 1.807) is 0 Å². The lowest BCUT2D eigenvalue weighted by Crippen LogP contribution is -2.56. The predicted octanol–water partition coefficient (Wildman–Crippen LogP) is 2.64. The second-order valence-corrected chi connectivity index (χ2v) is 5.97. The molecule has 1 unspecified atom stereocenters. The Kier molecular flexibility index (Phi) is 4.19. The van der Waals surface area contributed by atoms with Gasteiger partial charge < -0.3 is 5.32 Å². The van der Waals surface area contributed by atoms with Gasteiger partial charge in [0.1, 0.15) is 0 Å². The Morgan fingerprint density at radius 2 is 2.00 bits per heavy atom. The molecule has 0 saturated carbocycles. The molecule has 0 radical (unpaired) electrons. The maximum atomic E-state index is 3.68. The Morgan fingerprint density at radius 3 is 2.47 bits per heavy atom. The molecule has 1 N–H and O–H groups in total. The normalized spacial score (nSPS) is 28.4. The molecule has 0 bridgehead atoms. The van der Waals surface area contributed by atoms with Gasteiger partial charge >= 0.3 is 0 Å². The second-order valence-electron chi connectivity index (χ2n) is 5.97. The summed E-state index contributed by atoms with van der Waals surface area (Å²) < 4.78 is 0. The van der Waals surface area contributed by atoms with Gasteiger partial charge in [0.15, 0.2) is 0 Å². The first-order chi connectivity index (χ1) is 6.90. The summed E-state index contributed by atoms with van der Waals surface area (Å²) in [7, 11) is 2.25. The molecule has 2 nitrogen and oxygen atoms in total. The van der Waals surface area contributed by atoms with E-state index in [0.29, 0.717) is 11.1 Å². The minimum atomic E-state index is 0.322. The van der Waals surface area contributed by atoms with Crippen molar-refractivity contribution in [3.8, 4) is 0 Å². The molecule has 0 amide bonds. The van der Waals surface area contributed by atoms with Crippen molar-refractivity contribution in [2.75, 3.05) is 20.1 Å². The molecule has 2 heteroatoms. The van der Waals surface area contributed by atoms with Crippen molar-refractivity contribution in [3.63, 3.8) is 0 Å². The lowest BCUT2D eigenvalue weighted by atomic mass is 9.88. The number of nitrogens with zero attached hydrogens (tertiary/aromatic N) is 1. The lowest BCUT2D eigenvalue weighted by molar-refractivity contribution is 0.0960. The molecule has 0 aromatic rings. The maximum Gasteiger partial charge on any atom is 0.0280 e. The first-order valence-corrected chi connectivity index (χ1v) is 6.36. The molecule has 0 aromatic carbocycles. The van der Waals surface area contributed by atoms with Crippen molar-refractivity contribution >= 4 is 0 Å². The van der Waals surface area contributed by atoms with E-state index in [2.05, 4.69) is 45.0 Å². The predicted molar refractivity (Wildman–Crippen MR) is 67.3 cm³/mol. The highest BCUT2D eigenvalue weighted by Gasteiger charge is 2.31. The van der Waals surface area contributed by atoms with Gasteiger partial charge in [0.2, 0.25) is 0 Å². The van der Waals surface area contributed by atoms with E-state index in [9.17, 15) is 0 Å². The van der Waals surface area contributed by atoms with Crippen LogP contribution in [0.1, 0.15) is 53.4 Å². The molecule has 1 aliphatic rings. The van der Waals surface area contributed by atoms with Gasteiger partial charge in [-0.1, -0.05) is 13.3 Å². The van der Waals surface area contributed by atoms with Crippen LogP contribution in [0.25, 0.3) is 0 Å². The van der Waals surface area contributed by atoms with Gasteiger partial charge in [-0.05, 0) is 53.6 Å². The second kappa shape index (κ2) is 4.84. The van der Waals surface area contributed by atoms with Crippen molar-refractivity contribution in [1.82, 2.24) is 10.2 Å². The molecule has 0 aromatic heterocycles. The molecule has 1 saturated heterocycles. The third kappa shape index (κ3) is 3.46. The van der Waals surface area contributed by atoms with Crippen molar-refractivity contribution in [2.24, 2.45) is 0 Å². The lowest BCUT2D eigenvalue weighted by Gasteiger charge is -2.43. The van der Waals surface area contributed by atoms with Gasteiger partial charge in [0.25, 0.3) is 0 Å². The maximum absolute atomic E-state index is 3.68. The zero-order valence-corrected chi connectivity index (χ0v) is 11.2. The molecule has 1 atom stereocenters. The van der Waals surface area contributed by atoms with Crippen LogP contribution in [0.2, 0.25) is 0 Å². The van der Waals surface area contributed by atoms with Crippen LogP contribution >= 0.6 is 0 Å². The number of likely N-dealkylation sites (N-methyl/N-ethyl adjacent to an activating group) is 1. The summed E-state index contributed by atoms with van der Waals surface area (Å²) in [6.07, 6.45) is 5.25. The van der Waals surface area contributed by atoms with E-state index in [1.807, 2.05) is 0 Å². The number of hydrogen-bond acceptors (Lipinski definition) is 2. The minimum absolute atomic E-state index is 0.322. The van der Waals surface area contributed by atoms with Gasteiger partial charge in [-0.2, -0.15) is 0 Å². The molecule has 1 fully saturated rings. The molecule has 1 rings (SSSR count). The monoisotopic (exact) mass is 212 g/mol. The molecule has 0 spiro atoms. The molecule has 0 aliphatic carbocycles. The quantitative estimate of drug-likeness (QED) is 0.770. The van der Waals surface area contributed by atoms with Gasteiger partial charge in [0, 0.05) is 17.6 Å². The average molecular weight is 212 g/mol. The summed E-state index contributed by atoms with van der Waals surface area (Å²) in [6.45, 7) is 11.7. The molecular weight excluding hydrogens is 184 g/mol. The summed E-state index contributed by atoms with van der Waals surface area (Å²) in [5.41, 5.74) is 0.654. The number of rotatable bonds is 4. The first-order valence-electron chi connectivity index (χ1n) is 6.36. The highest BCUT2D eigenvalue weighted by molar-refractivity contribution is 4.92. The third-order valence-corrected chi connectivity index (χ3v) is 4.19. The summed E-state index contributed by atoms with van der Waals surface area (Å²) in [5.74, 6) is 0. The number of piperidine rings is 1. The summed E-state index contributed by atoms with van der Waals surface area (Å²) >= 11 is 0. The van der Waals surface area contributed by atoms with Crippen LogP contribution in [0.4, 0.5) is 0 Å². The highest BCUT2D eigenvalue weighted by Crippen LogP contribution is 2.24. The zero-order chi connectivity index (χ0) is 11.5. The fourth-order valence-corrected chi connectivity index (χ4v) is 2.26. The summed E-state index contributed by atoms with van der Waals surface area (Å²) in [6, 6.07) is 0. The smallest absolute Gasteiger partial charge is 0.0280 e. The highest BCUT2D eigenvalue weighted by atomic mass is 15.2. The van der Waals surface area contributed by atoms with Gasteiger partial charge in [0.05, 0.1) is 0 Å². The van der Waals surface area contributed by atoms with Gasteiger partial charge in [-0.3, -0.25) is 4.90 Å². The van der Waals surface area contributed by atoms with Crippen LogP contribution in [-0.4, -0.2) is 36.1 Å². The van der Waals surface area contributed by atoms with Crippen molar-refractivity contribution < 1.29 is 0 Å². The Hall–Kier alpha value is -0.0800. The van der Waals surface area contributed by atoms with E-state index in [-0.39, 0.29) is 0 Å². The van der Waals surface area contributed by atoms with E-state index in [4.69, 9.17) is 0 Å². The van der Waals surface area contributed by atoms with Crippen molar-refractivity contribution in [3.05, 3.63) is 0 Å². The van der Waals surface area contributed by atoms with Crippen LogP contribution in [0.15, 0.2) is 0 Å². The van der Waals surface area contributed by atoms with Crippen LogP contribution < -0.4 is 5.32 Å². The fraction of sp³-hybridized carbons (Fsp3) is 1.00. The van der Waals surface area contributed by atoms with Crippen LogP contribution in [0.3, 0.4) is 0 Å². The molecular formula is C13H28N2. The topological polar surface area (TPSA) is 15.3 Å². The Bertz CT molecular complexity index is 193.